The van der Waals surface area contributed by atoms with Crippen molar-refractivity contribution in [3.8, 4) is 11.5 Å². The van der Waals surface area contributed by atoms with Gasteiger partial charge < -0.3 is 14.8 Å². The second-order valence-electron chi connectivity index (χ2n) is 5.83. The lowest BCUT2D eigenvalue weighted by Crippen LogP contribution is -2.13. The Morgan fingerprint density at radius 2 is 1.88 bits per heavy atom. The molecular formula is C18H20N2O5. The third-order valence-corrected chi connectivity index (χ3v) is 3.34. The van der Waals surface area contributed by atoms with Crippen molar-refractivity contribution in [2.45, 2.75) is 13.8 Å². The van der Waals surface area contributed by atoms with Crippen LogP contribution in [0.15, 0.2) is 42.5 Å². The van der Waals surface area contributed by atoms with E-state index in [9.17, 15) is 14.9 Å². The molecule has 7 nitrogen and oxygen atoms in total. The van der Waals surface area contributed by atoms with E-state index in [-0.39, 0.29) is 11.4 Å². The second-order valence-corrected chi connectivity index (χ2v) is 5.83. The number of ether oxygens (including phenoxy) is 2. The lowest BCUT2D eigenvalue weighted by molar-refractivity contribution is -0.384. The molecule has 2 rings (SSSR count). The van der Waals surface area contributed by atoms with Crippen molar-refractivity contribution in [2.24, 2.45) is 5.92 Å². The van der Waals surface area contributed by atoms with E-state index >= 15 is 0 Å². The molecule has 132 valence electrons. The summed E-state index contributed by atoms with van der Waals surface area (Å²) in [5.41, 5.74) is 0.515. The Labute approximate surface area is 145 Å². The predicted octanol–water partition coefficient (Wildman–Crippen LogP) is 3.89. The summed E-state index contributed by atoms with van der Waals surface area (Å²) in [5, 5.41) is 13.5. The molecule has 1 N–H and O–H groups in total. The van der Waals surface area contributed by atoms with Crippen LogP contribution in [-0.2, 0) is 0 Å². The van der Waals surface area contributed by atoms with Crippen LogP contribution < -0.4 is 14.8 Å². The summed E-state index contributed by atoms with van der Waals surface area (Å²) in [4.78, 5) is 22.7. The highest BCUT2D eigenvalue weighted by Gasteiger charge is 2.14. The number of carbonyl (C=O) groups excluding carboxylic acids is 1. The minimum absolute atomic E-state index is 0.131. The number of hydrogen-bond donors (Lipinski definition) is 1. The van der Waals surface area contributed by atoms with Crippen molar-refractivity contribution in [3.63, 3.8) is 0 Å². The molecule has 0 saturated heterocycles. The fraction of sp³-hybridized carbons (Fsp3) is 0.278. The van der Waals surface area contributed by atoms with Crippen LogP contribution in [0.1, 0.15) is 24.2 Å². The highest BCUT2D eigenvalue weighted by atomic mass is 16.6. The van der Waals surface area contributed by atoms with Crippen molar-refractivity contribution in [1.82, 2.24) is 0 Å². The van der Waals surface area contributed by atoms with E-state index in [1.807, 2.05) is 13.8 Å². The molecule has 0 atom stereocenters. The molecule has 0 aliphatic carbocycles. The zero-order chi connectivity index (χ0) is 18.4. The van der Waals surface area contributed by atoms with Crippen LogP contribution in [0.3, 0.4) is 0 Å². The number of methoxy groups -OCH3 is 1. The molecule has 2 aromatic rings. The summed E-state index contributed by atoms with van der Waals surface area (Å²) in [6, 6.07) is 10.7. The maximum absolute atomic E-state index is 12.4. The Hall–Kier alpha value is -3.09. The Kier molecular flexibility index (Phi) is 5.94. The summed E-state index contributed by atoms with van der Waals surface area (Å²) in [6.07, 6.45) is 0. The topological polar surface area (TPSA) is 90.7 Å². The number of nitrogens with zero attached hydrogens (tertiary/aromatic N) is 1. The first-order valence-corrected chi connectivity index (χ1v) is 7.77. The smallest absolute Gasteiger partial charge is 0.271 e. The van der Waals surface area contributed by atoms with Gasteiger partial charge in [0, 0.05) is 17.7 Å². The number of hydrogen-bond acceptors (Lipinski definition) is 5. The predicted molar refractivity (Wildman–Crippen MR) is 94.4 cm³/mol. The van der Waals surface area contributed by atoms with Gasteiger partial charge in [0.25, 0.3) is 11.6 Å². The fourth-order valence-electron chi connectivity index (χ4n) is 2.07. The number of amides is 1. The molecule has 0 unspecified atom stereocenters. The second kappa shape index (κ2) is 8.14. The van der Waals surface area contributed by atoms with Crippen molar-refractivity contribution in [1.29, 1.82) is 0 Å². The molecule has 1 amide bonds. The SMILES string of the molecule is COc1ccc([N+](=O)[O-])cc1NC(=O)c1ccc(OCC(C)C)cc1. The van der Waals surface area contributed by atoms with Crippen LogP contribution in [0.2, 0.25) is 0 Å². The van der Waals surface area contributed by atoms with Crippen molar-refractivity contribution in [2.75, 3.05) is 19.0 Å². The van der Waals surface area contributed by atoms with Gasteiger partial charge in [-0.2, -0.15) is 0 Å². The lowest BCUT2D eigenvalue weighted by Gasteiger charge is -2.11. The molecule has 0 fully saturated rings. The average Bonchev–Trinajstić information content (AvgIpc) is 2.60. The Balaban J connectivity index is 2.13. The molecule has 0 heterocycles. The minimum atomic E-state index is -0.532. The van der Waals surface area contributed by atoms with Gasteiger partial charge in [-0.05, 0) is 36.2 Å². The van der Waals surface area contributed by atoms with E-state index in [2.05, 4.69) is 5.32 Å². The third kappa shape index (κ3) is 4.94. The maximum atomic E-state index is 12.4. The van der Waals surface area contributed by atoms with Crippen LogP contribution in [0.5, 0.6) is 11.5 Å². The van der Waals surface area contributed by atoms with E-state index in [4.69, 9.17) is 9.47 Å². The van der Waals surface area contributed by atoms with E-state index in [1.54, 1.807) is 24.3 Å². The van der Waals surface area contributed by atoms with Gasteiger partial charge in [-0.3, -0.25) is 14.9 Å². The van der Waals surface area contributed by atoms with Crippen LogP contribution >= 0.6 is 0 Å². The van der Waals surface area contributed by atoms with Crippen LogP contribution in [0, 0.1) is 16.0 Å². The van der Waals surface area contributed by atoms with Crippen molar-refractivity contribution >= 4 is 17.3 Å². The summed E-state index contributed by atoms with van der Waals surface area (Å²) in [6.45, 7) is 4.69. The maximum Gasteiger partial charge on any atom is 0.271 e. The van der Waals surface area contributed by atoms with Gasteiger partial charge in [-0.25, -0.2) is 0 Å². The molecule has 7 heteroatoms. The first-order chi connectivity index (χ1) is 11.9. The molecule has 0 bridgehead atoms. The summed E-state index contributed by atoms with van der Waals surface area (Å²) < 4.78 is 10.7. The van der Waals surface area contributed by atoms with Crippen LogP contribution in [-0.4, -0.2) is 24.5 Å². The number of nitrogens with one attached hydrogen (secondary N) is 1. The highest BCUT2D eigenvalue weighted by Crippen LogP contribution is 2.29. The summed E-state index contributed by atoms with van der Waals surface area (Å²) >= 11 is 0. The van der Waals surface area contributed by atoms with E-state index < -0.39 is 10.8 Å². The molecule has 0 aliphatic heterocycles. The van der Waals surface area contributed by atoms with Gasteiger partial charge in [0.1, 0.15) is 11.5 Å². The van der Waals surface area contributed by atoms with Gasteiger partial charge in [0.2, 0.25) is 0 Å². The van der Waals surface area contributed by atoms with Gasteiger partial charge >= 0.3 is 0 Å². The monoisotopic (exact) mass is 344 g/mol. The number of nitro benzene ring substituents is 1. The lowest BCUT2D eigenvalue weighted by atomic mass is 10.2. The number of rotatable bonds is 7. The molecule has 0 aliphatic rings. The standard InChI is InChI=1S/C18H20N2O5/c1-12(2)11-25-15-7-4-13(5-8-15)18(21)19-16-10-14(20(22)23)6-9-17(16)24-3/h4-10,12H,11H2,1-3H3,(H,19,21). The van der Waals surface area contributed by atoms with Crippen LogP contribution in [0.25, 0.3) is 0 Å². The Morgan fingerprint density at radius 1 is 1.20 bits per heavy atom. The molecule has 0 saturated carbocycles. The van der Waals surface area contributed by atoms with Gasteiger partial charge in [0.05, 0.1) is 24.3 Å². The molecule has 25 heavy (non-hydrogen) atoms. The zero-order valence-corrected chi connectivity index (χ0v) is 14.3. The largest absolute Gasteiger partial charge is 0.495 e. The third-order valence-electron chi connectivity index (χ3n) is 3.34. The normalized spacial score (nSPS) is 10.4. The zero-order valence-electron chi connectivity index (χ0n) is 14.3. The highest BCUT2D eigenvalue weighted by molar-refractivity contribution is 6.05. The van der Waals surface area contributed by atoms with Crippen LogP contribution in [0.4, 0.5) is 11.4 Å². The van der Waals surface area contributed by atoms with Crippen molar-refractivity contribution in [3.05, 3.63) is 58.1 Å². The molecule has 0 radical (unpaired) electrons. The first kappa shape index (κ1) is 18.3. The first-order valence-electron chi connectivity index (χ1n) is 7.77. The molecule has 0 spiro atoms. The van der Waals surface area contributed by atoms with E-state index in [0.29, 0.717) is 29.6 Å². The minimum Gasteiger partial charge on any atom is -0.495 e. The average molecular weight is 344 g/mol. The number of benzene rings is 2. The summed E-state index contributed by atoms with van der Waals surface area (Å²) in [7, 11) is 1.43. The van der Waals surface area contributed by atoms with Gasteiger partial charge in [-0.1, -0.05) is 13.8 Å². The number of anilines is 1. The Morgan fingerprint density at radius 3 is 2.44 bits per heavy atom. The number of carbonyl (C=O) groups is 1. The van der Waals surface area contributed by atoms with E-state index in [1.165, 1.54) is 25.3 Å². The molecular weight excluding hydrogens is 324 g/mol. The Bertz CT molecular complexity index is 757. The number of non-ortho nitro benzene ring substituents is 1. The molecule has 0 aromatic heterocycles. The fourth-order valence-corrected chi connectivity index (χ4v) is 2.07. The van der Waals surface area contributed by atoms with Crippen molar-refractivity contribution < 1.29 is 19.2 Å². The van der Waals surface area contributed by atoms with E-state index in [0.717, 1.165) is 0 Å². The molecule has 2 aromatic carbocycles. The number of nitro groups is 1. The quantitative estimate of drug-likeness (QED) is 0.608. The van der Waals surface area contributed by atoms with Gasteiger partial charge in [0.15, 0.2) is 0 Å². The summed E-state index contributed by atoms with van der Waals surface area (Å²) in [5.74, 6) is 1.03. The van der Waals surface area contributed by atoms with Gasteiger partial charge in [-0.15, -0.1) is 0 Å².